The van der Waals surface area contributed by atoms with Crippen molar-refractivity contribution in [1.82, 2.24) is 15.1 Å². The van der Waals surface area contributed by atoms with E-state index in [0.29, 0.717) is 6.54 Å². The number of nitrogens with one attached hydrogen (secondary N) is 1. The Balaban J connectivity index is 1.72. The number of ether oxygens (including phenoxy) is 1. The summed E-state index contributed by atoms with van der Waals surface area (Å²) < 4.78 is 28.6. The summed E-state index contributed by atoms with van der Waals surface area (Å²) in [6, 6.07) is 6.96. The number of nitrogens with zero attached hydrogens (tertiary/aromatic N) is 2. The second-order valence-electron chi connectivity index (χ2n) is 6.45. The van der Waals surface area contributed by atoms with Gasteiger partial charge in [-0.05, 0) is 31.0 Å². The SMILES string of the molecule is CCC(C)NC(=O)CN1CCN(Cc2ccc(OC(F)F)cc2)CC1. The average Bonchev–Trinajstić information content (AvgIpc) is 2.57. The summed E-state index contributed by atoms with van der Waals surface area (Å²) in [4.78, 5) is 16.4. The van der Waals surface area contributed by atoms with Gasteiger partial charge in [-0.2, -0.15) is 8.78 Å². The van der Waals surface area contributed by atoms with Gasteiger partial charge in [-0.3, -0.25) is 14.6 Å². The van der Waals surface area contributed by atoms with E-state index in [1.807, 2.05) is 19.1 Å². The highest BCUT2D eigenvalue weighted by Gasteiger charge is 2.19. The molecule has 140 valence electrons. The first-order valence-electron chi connectivity index (χ1n) is 8.74. The van der Waals surface area contributed by atoms with Crippen LogP contribution >= 0.6 is 0 Å². The van der Waals surface area contributed by atoms with Gasteiger partial charge >= 0.3 is 6.61 Å². The maximum Gasteiger partial charge on any atom is 0.387 e. The van der Waals surface area contributed by atoms with Crippen molar-refractivity contribution in [3.63, 3.8) is 0 Å². The number of halogens is 2. The Hall–Kier alpha value is -1.73. The van der Waals surface area contributed by atoms with Gasteiger partial charge in [0.05, 0.1) is 6.54 Å². The molecule has 1 aromatic rings. The minimum atomic E-state index is -2.79. The van der Waals surface area contributed by atoms with Gasteiger partial charge in [0.1, 0.15) is 5.75 Å². The molecule has 1 aliphatic heterocycles. The first-order valence-corrected chi connectivity index (χ1v) is 8.74. The van der Waals surface area contributed by atoms with Crippen LogP contribution in [0.5, 0.6) is 5.75 Å². The van der Waals surface area contributed by atoms with E-state index in [9.17, 15) is 13.6 Å². The first kappa shape index (κ1) is 19.6. The van der Waals surface area contributed by atoms with Crippen molar-refractivity contribution in [3.05, 3.63) is 29.8 Å². The van der Waals surface area contributed by atoms with Gasteiger partial charge in [-0.1, -0.05) is 19.1 Å². The van der Waals surface area contributed by atoms with Crippen LogP contribution < -0.4 is 10.1 Å². The van der Waals surface area contributed by atoms with Crippen LogP contribution in [0.1, 0.15) is 25.8 Å². The number of carbonyl (C=O) groups excluding carboxylic acids is 1. The second-order valence-corrected chi connectivity index (χ2v) is 6.45. The molecule has 1 fully saturated rings. The third-order valence-corrected chi connectivity index (χ3v) is 4.41. The molecule has 1 amide bonds. The zero-order valence-electron chi connectivity index (χ0n) is 14.9. The second kappa shape index (κ2) is 9.68. The van der Waals surface area contributed by atoms with Crippen molar-refractivity contribution in [2.75, 3.05) is 32.7 Å². The molecule has 0 spiro atoms. The van der Waals surface area contributed by atoms with Crippen LogP contribution in [0.3, 0.4) is 0 Å². The van der Waals surface area contributed by atoms with Crippen LogP contribution in [0.25, 0.3) is 0 Å². The number of rotatable bonds is 8. The number of benzene rings is 1. The van der Waals surface area contributed by atoms with E-state index in [1.165, 1.54) is 0 Å². The summed E-state index contributed by atoms with van der Waals surface area (Å²) in [6.07, 6.45) is 0.931. The predicted molar refractivity (Wildman–Crippen MR) is 92.7 cm³/mol. The third kappa shape index (κ3) is 6.96. The lowest BCUT2D eigenvalue weighted by atomic mass is 10.2. The van der Waals surface area contributed by atoms with Crippen molar-refractivity contribution in [1.29, 1.82) is 0 Å². The molecular weight excluding hydrogens is 328 g/mol. The summed E-state index contributed by atoms with van der Waals surface area (Å²) in [5.74, 6) is 0.258. The lowest BCUT2D eigenvalue weighted by Crippen LogP contribution is -2.49. The van der Waals surface area contributed by atoms with Gasteiger partial charge in [0.2, 0.25) is 5.91 Å². The normalized spacial score (nSPS) is 17.5. The van der Waals surface area contributed by atoms with E-state index in [1.54, 1.807) is 12.1 Å². The minimum absolute atomic E-state index is 0.0809. The van der Waals surface area contributed by atoms with Crippen molar-refractivity contribution >= 4 is 5.91 Å². The maximum atomic E-state index is 12.1. The lowest BCUT2D eigenvalue weighted by Gasteiger charge is -2.34. The van der Waals surface area contributed by atoms with E-state index >= 15 is 0 Å². The Kier molecular flexibility index (Phi) is 7.58. The molecule has 7 heteroatoms. The average molecular weight is 355 g/mol. The molecule has 1 unspecified atom stereocenters. The molecule has 1 saturated heterocycles. The highest BCUT2D eigenvalue weighted by molar-refractivity contribution is 5.78. The number of carbonyl (C=O) groups is 1. The van der Waals surface area contributed by atoms with Gasteiger partial charge in [0.15, 0.2) is 0 Å². The molecule has 0 bridgehead atoms. The first-order chi connectivity index (χ1) is 12.0. The summed E-state index contributed by atoms with van der Waals surface area (Å²) in [7, 11) is 0. The van der Waals surface area contributed by atoms with Gasteiger partial charge in [-0.25, -0.2) is 0 Å². The monoisotopic (exact) mass is 355 g/mol. The van der Waals surface area contributed by atoms with E-state index in [-0.39, 0.29) is 17.7 Å². The molecule has 1 heterocycles. The van der Waals surface area contributed by atoms with Crippen molar-refractivity contribution in [2.45, 2.75) is 39.5 Å². The molecule has 0 aromatic heterocycles. The van der Waals surface area contributed by atoms with Gasteiger partial charge in [0, 0.05) is 38.8 Å². The Morgan fingerprint density at radius 3 is 2.32 bits per heavy atom. The summed E-state index contributed by atoms with van der Waals surface area (Å²) >= 11 is 0. The van der Waals surface area contributed by atoms with E-state index < -0.39 is 6.61 Å². The van der Waals surface area contributed by atoms with Crippen molar-refractivity contribution in [2.24, 2.45) is 0 Å². The van der Waals surface area contributed by atoms with Gasteiger partial charge in [0.25, 0.3) is 0 Å². The molecule has 0 aliphatic carbocycles. The number of piperazine rings is 1. The van der Waals surface area contributed by atoms with E-state index in [4.69, 9.17) is 0 Å². The standard InChI is InChI=1S/C18H27F2N3O2/c1-3-14(2)21-17(24)13-23-10-8-22(9-11-23)12-15-4-6-16(7-5-15)25-18(19)20/h4-7,14,18H,3,8-13H2,1-2H3,(H,21,24). The number of amides is 1. The molecule has 0 radical (unpaired) electrons. The van der Waals surface area contributed by atoms with Crippen LogP contribution in [0, 0.1) is 0 Å². The maximum absolute atomic E-state index is 12.1. The minimum Gasteiger partial charge on any atom is -0.435 e. The predicted octanol–water partition coefficient (Wildman–Crippen LogP) is 2.32. The zero-order valence-corrected chi connectivity index (χ0v) is 14.9. The highest BCUT2D eigenvalue weighted by Crippen LogP contribution is 2.16. The van der Waals surface area contributed by atoms with Crippen LogP contribution in [-0.4, -0.2) is 61.1 Å². The molecule has 1 atom stereocenters. The Morgan fingerprint density at radius 1 is 1.16 bits per heavy atom. The Morgan fingerprint density at radius 2 is 1.76 bits per heavy atom. The molecule has 25 heavy (non-hydrogen) atoms. The van der Waals surface area contributed by atoms with E-state index in [0.717, 1.165) is 44.7 Å². The van der Waals surface area contributed by atoms with Crippen LogP contribution in [-0.2, 0) is 11.3 Å². The fourth-order valence-corrected chi connectivity index (χ4v) is 2.77. The highest BCUT2D eigenvalue weighted by atomic mass is 19.3. The smallest absolute Gasteiger partial charge is 0.387 e. The van der Waals surface area contributed by atoms with Gasteiger partial charge < -0.3 is 10.1 Å². The van der Waals surface area contributed by atoms with Crippen molar-refractivity contribution in [3.8, 4) is 5.75 Å². The topological polar surface area (TPSA) is 44.8 Å². The van der Waals surface area contributed by atoms with Crippen LogP contribution in [0.15, 0.2) is 24.3 Å². The molecule has 0 saturated carbocycles. The Labute approximate surface area is 147 Å². The fourth-order valence-electron chi connectivity index (χ4n) is 2.77. The van der Waals surface area contributed by atoms with Crippen molar-refractivity contribution < 1.29 is 18.3 Å². The molecule has 2 rings (SSSR count). The molecular formula is C18H27F2N3O2. The van der Waals surface area contributed by atoms with E-state index in [2.05, 4.69) is 26.8 Å². The summed E-state index contributed by atoms with van der Waals surface area (Å²) in [6.45, 7) is 5.93. The van der Waals surface area contributed by atoms with Gasteiger partial charge in [-0.15, -0.1) is 0 Å². The fraction of sp³-hybridized carbons (Fsp3) is 0.611. The molecule has 1 N–H and O–H groups in total. The zero-order chi connectivity index (χ0) is 18.2. The quantitative estimate of drug-likeness (QED) is 0.777. The Bertz CT molecular complexity index is 532. The molecule has 5 nitrogen and oxygen atoms in total. The number of alkyl halides is 2. The van der Waals surface area contributed by atoms with Crippen LogP contribution in [0.4, 0.5) is 8.78 Å². The lowest BCUT2D eigenvalue weighted by molar-refractivity contribution is -0.123. The largest absolute Gasteiger partial charge is 0.435 e. The number of hydrogen-bond acceptors (Lipinski definition) is 4. The summed E-state index contributed by atoms with van der Waals surface area (Å²) in [5, 5.41) is 2.99. The molecule has 1 aliphatic rings. The van der Waals surface area contributed by atoms with Crippen LogP contribution in [0.2, 0.25) is 0 Å². The summed E-state index contributed by atoms with van der Waals surface area (Å²) in [5.41, 5.74) is 1.06. The molecule has 1 aromatic carbocycles. The number of hydrogen-bond donors (Lipinski definition) is 1. The third-order valence-electron chi connectivity index (χ3n) is 4.41.